The molecule has 1 fully saturated rings. The van der Waals surface area contributed by atoms with Gasteiger partial charge in [0.05, 0.1) is 11.3 Å². The maximum absolute atomic E-state index is 12.2. The number of aromatic amines is 1. The van der Waals surface area contributed by atoms with E-state index in [0.29, 0.717) is 35.3 Å². The van der Waals surface area contributed by atoms with E-state index in [1.54, 1.807) is 25.1 Å². The van der Waals surface area contributed by atoms with Gasteiger partial charge in [-0.05, 0) is 49.9 Å². The number of hydrogen-bond donors (Lipinski definition) is 2. The van der Waals surface area contributed by atoms with Crippen LogP contribution in [0.15, 0.2) is 35.1 Å². The van der Waals surface area contributed by atoms with Gasteiger partial charge in [-0.1, -0.05) is 12.1 Å². The number of fused-ring (bicyclic) bond motifs is 1. The Bertz CT molecular complexity index is 1040. The van der Waals surface area contributed by atoms with E-state index in [0.717, 1.165) is 31.5 Å². The van der Waals surface area contributed by atoms with Gasteiger partial charge >= 0.3 is 5.97 Å². The second-order valence-corrected chi connectivity index (χ2v) is 7.03. The molecule has 1 aliphatic heterocycles. The van der Waals surface area contributed by atoms with Crippen molar-refractivity contribution in [1.29, 1.82) is 0 Å². The third kappa shape index (κ3) is 3.61. The van der Waals surface area contributed by atoms with Gasteiger partial charge in [-0.15, -0.1) is 0 Å². The van der Waals surface area contributed by atoms with E-state index >= 15 is 0 Å². The number of carbonyl (C=O) groups is 1. The first-order valence-electron chi connectivity index (χ1n) is 9.00. The number of nitrogens with one attached hydrogen (secondary N) is 1. The van der Waals surface area contributed by atoms with Gasteiger partial charge in [-0.25, -0.2) is 9.78 Å². The number of aromatic carboxylic acids is 1. The second-order valence-electron chi connectivity index (χ2n) is 7.03. The van der Waals surface area contributed by atoms with Crippen molar-refractivity contribution in [2.75, 3.05) is 13.1 Å². The number of likely N-dealkylation sites (tertiary alicyclic amines) is 1. The van der Waals surface area contributed by atoms with Crippen molar-refractivity contribution in [3.05, 3.63) is 63.3 Å². The minimum atomic E-state index is -0.909. The van der Waals surface area contributed by atoms with Crippen molar-refractivity contribution < 1.29 is 9.90 Å². The predicted molar refractivity (Wildman–Crippen MR) is 99.0 cm³/mol. The Kier molecular flexibility index (Phi) is 4.49. The van der Waals surface area contributed by atoms with Gasteiger partial charge in [0.25, 0.3) is 11.3 Å². The van der Waals surface area contributed by atoms with E-state index in [4.69, 9.17) is 5.11 Å². The Hall–Kier alpha value is -3.00. The van der Waals surface area contributed by atoms with E-state index in [2.05, 4.69) is 20.0 Å². The molecular weight excluding hydrogens is 346 g/mol. The van der Waals surface area contributed by atoms with Crippen LogP contribution in [0.2, 0.25) is 0 Å². The van der Waals surface area contributed by atoms with E-state index in [9.17, 15) is 9.59 Å². The van der Waals surface area contributed by atoms with Crippen LogP contribution in [0, 0.1) is 6.92 Å². The van der Waals surface area contributed by atoms with Gasteiger partial charge in [0.15, 0.2) is 0 Å². The number of aryl methyl sites for hydroxylation is 1. The summed E-state index contributed by atoms with van der Waals surface area (Å²) >= 11 is 0. The lowest BCUT2D eigenvalue weighted by atomic mass is 9.90. The molecule has 8 nitrogen and oxygen atoms in total. The Morgan fingerprint density at radius 1 is 1.30 bits per heavy atom. The molecule has 0 aliphatic carbocycles. The fourth-order valence-electron chi connectivity index (χ4n) is 3.71. The molecule has 0 spiro atoms. The molecule has 0 amide bonds. The maximum Gasteiger partial charge on any atom is 0.335 e. The molecule has 3 aromatic rings. The molecule has 1 saturated heterocycles. The summed E-state index contributed by atoms with van der Waals surface area (Å²) in [5, 5.41) is 11.9. The lowest BCUT2D eigenvalue weighted by molar-refractivity contribution is 0.0697. The van der Waals surface area contributed by atoms with E-state index in [1.807, 2.05) is 12.1 Å². The van der Waals surface area contributed by atoms with Crippen molar-refractivity contribution in [2.24, 2.45) is 0 Å². The van der Waals surface area contributed by atoms with Crippen LogP contribution in [0.5, 0.6) is 0 Å². The third-order valence-corrected chi connectivity index (χ3v) is 5.02. The van der Waals surface area contributed by atoms with Crippen LogP contribution in [-0.4, -0.2) is 48.6 Å². The Morgan fingerprint density at radius 3 is 2.81 bits per heavy atom. The summed E-state index contributed by atoms with van der Waals surface area (Å²) in [6.45, 7) is 4.19. The first-order valence-corrected chi connectivity index (χ1v) is 9.00. The molecule has 0 unspecified atom stereocenters. The molecule has 4 rings (SSSR count). The van der Waals surface area contributed by atoms with Crippen LogP contribution in [-0.2, 0) is 6.54 Å². The molecule has 1 atom stereocenters. The molecule has 0 saturated carbocycles. The Balaban J connectivity index is 1.50. The number of aromatic nitrogens is 4. The van der Waals surface area contributed by atoms with Crippen molar-refractivity contribution in [3.8, 4) is 0 Å². The number of hydrogen-bond acceptors (Lipinski definition) is 5. The van der Waals surface area contributed by atoms with Crippen LogP contribution in [0.4, 0.5) is 0 Å². The maximum atomic E-state index is 12.2. The Morgan fingerprint density at radius 2 is 2.07 bits per heavy atom. The van der Waals surface area contributed by atoms with Crippen molar-refractivity contribution in [3.63, 3.8) is 0 Å². The van der Waals surface area contributed by atoms with Gasteiger partial charge in [0.2, 0.25) is 0 Å². The quantitative estimate of drug-likeness (QED) is 0.729. The smallest absolute Gasteiger partial charge is 0.335 e. The standard InChI is InChI=1S/C19H21N5O3/c1-12-20-19-21-16(9-17(25)24(19)22-12)11-23-8-2-3-15(10-23)13-4-6-14(7-5-13)18(26)27/h4-7,9,15H,2-3,8,10-11H2,1H3,(H,26,27)(H,20,21,22)/t15-/m1/s1. The molecule has 27 heavy (non-hydrogen) atoms. The zero-order chi connectivity index (χ0) is 19.0. The molecule has 2 N–H and O–H groups in total. The van der Waals surface area contributed by atoms with Crippen LogP contribution in [0.3, 0.4) is 0 Å². The Labute approximate surface area is 155 Å². The predicted octanol–water partition coefficient (Wildman–Crippen LogP) is 1.80. The van der Waals surface area contributed by atoms with Crippen molar-refractivity contribution >= 4 is 11.7 Å². The average Bonchev–Trinajstić information content (AvgIpc) is 3.03. The molecule has 1 aliphatic rings. The van der Waals surface area contributed by atoms with Crippen LogP contribution < -0.4 is 5.56 Å². The lowest BCUT2D eigenvalue weighted by Crippen LogP contribution is -2.34. The van der Waals surface area contributed by atoms with Crippen molar-refractivity contribution in [1.82, 2.24) is 24.5 Å². The number of piperidine rings is 1. The van der Waals surface area contributed by atoms with E-state index < -0.39 is 5.97 Å². The number of rotatable bonds is 4. The summed E-state index contributed by atoms with van der Waals surface area (Å²) in [6, 6.07) is 8.68. The second kappa shape index (κ2) is 6.96. The number of carboxylic acids is 1. The fraction of sp³-hybridized carbons (Fsp3) is 0.368. The average molecular weight is 367 g/mol. The number of H-pyrrole nitrogens is 1. The number of benzene rings is 1. The first kappa shape index (κ1) is 17.4. The summed E-state index contributed by atoms with van der Waals surface area (Å²) < 4.78 is 1.35. The largest absolute Gasteiger partial charge is 0.478 e. The summed E-state index contributed by atoms with van der Waals surface area (Å²) in [7, 11) is 0. The highest BCUT2D eigenvalue weighted by atomic mass is 16.4. The molecule has 0 radical (unpaired) electrons. The lowest BCUT2D eigenvalue weighted by Gasteiger charge is -2.32. The molecule has 2 aromatic heterocycles. The minimum absolute atomic E-state index is 0.159. The molecule has 8 heteroatoms. The normalized spacial score (nSPS) is 18.0. The zero-order valence-corrected chi connectivity index (χ0v) is 15.1. The monoisotopic (exact) mass is 367 g/mol. The topological polar surface area (TPSA) is 104 Å². The summed E-state index contributed by atoms with van der Waals surface area (Å²) in [5.74, 6) is 0.486. The van der Waals surface area contributed by atoms with Gasteiger partial charge in [-0.2, -0.15) is 9.50 Å². The third-order valence-electron chi connectivity index (χ3n) is 5.02. The van der Waals surface area contributed by atoms with Gasteiger partial charge in [-0.3, -0.25) is 14.8 Å². The van der Waals surface area contributed by atoms with E-state index in [-0.39, 0.29) is 5.56 Å². The van der Waals surface area contributed by atoms with Crippen LogP contribution in [0.1, 0.15) is 46.2 Å². The van der Waals surface area contributed by atoms with Crippen molar-refractivity contribution in [2.45, 2.75) is 32.2 Å². The summed E-state index contributed by atoms with van der Waals surface area (Å²) in [5.41, 5.74) is 2.01. The molecule has 1 aromatic carbocycles. The summed E-state index contributed by atoms with van der Waals surface area (Å²) in [6.07, 6.45) is 2.12. The van der Waals surface area contributed by atoms with Crippen LogP contribution >= 0.6 is 0 Å². The molecule has 0 bridgehead atoms. The van der Waals surface area contributed by atoms with E-state index in [1.165, 1.54) is 4.52 Å². The number of nitrogens with zero attached hydrogens (tertiary/aromatic N) is 4. The molecular formula is C19H21N5O3. The number of carboxylic acid groups (broad SMARTS) is 1. The fourth-order valence-corrected chi connectivity index (χ4v) is 3.71. The van der Waals surface area contributed by atoms with Gasteiger partial charge in [0, 0.05) is 19.2 Å². The highest BCUT2D eigenvalue weighted by Gasteiger charge is 2.22. The minimum Gasteiger partial charge on any atom is -0.478 e. The molecule has 3 heterocycles. The van der Waals surface area contributed by atoms with Gasteiger partial charge < -0.3 is 5.11 Å². The molecule has 140 valence electrons. The SMILES string of the molecule is Cc1nc2nc(CN3CCC[C@@H](c4ccc(C(=O)O)cc4)C3)cc(=O)n2[nH]1. The van der Waals surface area contributed by atoms with Crippen LogP contribution in [0.25, 0.3) is 5.78 Å². The highest BCUT2D eigenvalue weighted by Crippen LogP contribution is 2.27. The summed E-state index contributed by atoms with van der Waals surface area (Å²) in [4.78, 5) is 34.3. The van der Waals surface area contributed by atoms with Gasteiger partial charge in [0.1, 0.15) is 5.82 Å². The highest BCUT2D eigenvalue weighted by molar-refractivity contribution is 5.87. The zero-order valence-electron chi connectivity index (χ0n) is 15.1. The first-order chi connectivity index (χ1) is 13.0.